The van der Waals surface area contributed by atoms with Gasteiger partial charge in [-0.05, 0) is 18.8 Å². The Balaban J connectivity index is 2.47. The second kappa shape index (κ2) is 3.77. The van der Waals surface area contributed by atoms with Gasteiger partial charge in [0.15, 0.2) is 0 Å². The summed E-state index contributed by atoms with van der Waals surface area (Å²) < 4.78 is 0. The van der Waals surface area contributed by atoms with Crippen LogP contribution in [0.25, 0.3) is 0 Å². The lowest BCUT2D eigenvalue weighted by molar-refractivity contribution is -0.146. The van der Waals surface area contributed by atoms with E-state index in [4.69, 9.17) is 5.11 Å². The van der Waals surface area contributed by atoms with Gasteiger partial charge in [0.2, 0.25) is 5.91 Å². The lowest BCUT2D eigenvalue weighted by Gasteiger charge is -2.14. The zero-order valence-electron chi connectivity index (χ0n) is 7.99. The van der Waals surface area contributed by atoms with Gasteiger partial charge in [-0.2, -0.15) is 0 Å². The highest BCUT2D eigenvalue weighted by Gasteiger charge is 2.37. The Hall–Kier alpha value is -1.06. The van der Waals surface area contributed by atoms with Crippen molar-refractivity contribution in [3.63, 3.8) is 0 Å². The maximum atomic E-state index is 11.3. The SMILES string of the molecule is CN(C)C(=O)CC(C(=O)O)C1CC1. The maximum Gasteiger partial charge on any atom is 0.307 e. The summed E-state index contributed by atoms with van der Waals surface area (Å²) in [5.41, 5.74) is 0. The Morgan fingerprint density at radius 1 is 1.46 bits per heavy atom. The third-order valence-corrected chi connectivity index (χ3v) is 2.40. The molecule has 74 valence electrons. The van der Waals surface area contributed by atoms with Crippen LogP contribution >= 0.6 is 0 Å². The average molecular weight is 185 g/mol. The number of carboxylic acid groups (broad SMARTS) is 1. The van der Waals surface area contributed by atoms with E-state index in [1.165, 1.54) is 4.90 Å². The molecule has 13 heavy (non-hydrogen) atoms. The second-order valence-electron chi connectivity index (χ2n) is 3.77. The smallest absolute Gasteiger partial charge is 0.307 e. The minimum absolute atomic E-state index is 0.0979. The standard InChI is InChI=1S/C9H15NO3/c1-10(2)8(11)5-7(9(12)13)6-3-4-6/h6-7H,3-5H2,1-2H3,(H,12,13). The third-order valence-electron chi connectivity index (χ3n) is 2.40. The van der Waals surface area contributed by atoms with Crippen LogP contribution in [-0.4, -0.2) is 36.0 Å². The minimum Gasteiger partial charge on any atom is -0.481 e. The van der Waals surface area contributed by atoms with Crippen LogP contribution in [-0.2, 0) is 9.59 Å². The summed E-state index contributed by atoms with van der Waals surface area (Å²) in [6.07, 6.45) is 2.06. The molecule has 1 atom stereocenters. The molecule has 0 aromatic heterocycles. The molecule has 0 radical (unpaired) electrons. The van der Waals surface area contributed by atoms with Crippen molar-refractivity contribution in [2.75, 3.05) is 14.1 Å². The van der Waals surface area contributed by atoms with Crippen LogP contribution in [0.3, 0.4) is 0 Å². The van der Waals surface area contributed by atoms with Crippen LogP contribution < -0.4 is 0 Å². The van der Waals surface area contributed by atoms with E-state index in [0.717, 1.165) is 12.8 Å². The number of carbonyl (C=O) groups is 2. The number of nitrogens with zero attached hydrogens (tertiary/aromatic N) is 1. The zero-order chi connectivity index (χ0) is 10.0. The van der Waals surface area contributed by atoms with Crippen molar-refractivity contribution in [3.8, 4) is 0 Å². The fraction of sp³-hybridized carbons (Fsp3) is 0.778. The Labute approximate surface area is 77.5 Å². The van der Waals surface area contributed by atoms with E-state index in [9.17, 15) is 9.59 Å². The minimum atomic E-state index is -0.835. The zero-order valence-corrected chi connectivity index (χ0v) is 7.99. The molecule has 1 aliphatic rings. The van der Waals surface area contributed by atoms with Gasteiger partial charge in [-0.15, -0.1) is 0 Å². The molecule has 1 N–H and O–H groups in total. The van der Waals surface area contributed by atoms with Crippen LogP contribution in [0.1, 0.15) is 19.3 Å². The predicted octanol–water partition coefficient (Wildman–Crippen LogP) is 0.575. The van der Waals surface area contributed by atoms with Crippen molar-refractivity contribution in [1.82, 2.24) is 4.90 Å². The highest BCUT2D eigenvalue weighted by molar-refractivity contribution is 5.82. The first-order chi connectivity index (χ1) is 6.02. The van der Waals surface area contributed by atoms with Gasteiger partial charge < -0.3 is 10.0 Å². The average Bonchev–Trinajstić information content (AvgIpc) is 2.81. The second-order valence-corrected chi connectivity index (χ2v) is 3.77. The third kappa shape index (κ3) is 2.72. The molecule has 1 rings (SSSR count). The van der Waals surface area contributed by atoms with Gasteiger partial charge in [-0.25, -0.2) is 0 Å². The number of amides is 1. The van der Waals surface area contributed by atoms with Crippen LogP contribution in [0.2, 0.25) is 0 Å². The van der Waals surface area contributed by atoms with Crippen molar-refractivity contribution >= 4 is 11.9 Å². The lowest BCUT2D eigenvalue weighted by Crippen LogP contribution is -2.28. The molecule has 4 heteroatoms. The van der Waals surface area contributed by atoms with Gasteiger partial charge in [-0.1, -0.05) is 0 Å². The number of hydrogen-bond donors (Lipinski definition) is 1. The van der Waals surface area contributed by atoms with Gasteiger partial charge in [-0.3, -0.25) is 9.59 Å². The number of carboxylic acids is 1. The Morgan fingerprint density at radius 2 is 2.00 bits per heavy atom. The molecule has 1 unspecified atom stereocenters. The van der Waals surface area contributed by atoms with E-state index in [2.05, 4.69) is 0 Å². The number of hydrogen-bond acceptors (Lipinski definition) is 2. The molecule has 4 nitrogen and oxygen atoms in total. The van der Waals surface area contributed by atoms with E-state index in [0.29, 0.717) is 0 Å². The number of aliphatic carboxylic acids is 1. The van der Waals surface area contributed by atoms with Crippen molar-refractivity contribution < 1.29 is 14.7 Å². The van der Waals surface area contributed by atoms with Crippen LogP contribution in [0, 0.1) is 11.8 Å². The van der Waals surface area contributed by atoms with Crippen LogP contribution in [0.5, 0.6) is 0 Å². The van der Waals surface area contributed by atoms with Crippen LogP contribution in [0.4, 0.5) is 0 Å². The van der Waals surface area contributed by atoms with Crippen molar-refractivity contribution in [3.05, 3.63) is 0 Å². The molecule has 0 heterocycles. The summed E-state index contributed by atoms with van der Waals surface area (Å²) in [7, 11) is 3.29. The lowest BCUT2D eigenvalue weighted by atomic mass is 9.99. The summed E-state index contributed by atoms with van der Waals surface area (Å²) in [6.45, 7) is 0. The molecule has 1 saturated carbocycles. The highest BCUT2D eigenvalue weighted by Crippen LogP contribution is 2.38. The van der Waals surface area contributed by atoms with E-state index < -0.39 is 11.9 Å². The Kier molecular flexibility index (Phi) is 2.90. The first-order valence-electron chi connectivity index (χ1n) is 4.45. The van der Waals surface area contributed by atoms with Crippen molar-refractivity contribution in [2.24, 2.45) is 11.8 Å². The summed E-state index contributed by atoms with van der Waals surface area (Å²) in [6, 6.07) is 0. The molecule has 0 saturated heterocycles. The fourth-order valence-electron chi connectivity index (χ4n) is 1.32. The summed E-state index contributed by atoms with van der Waals surface area (Å²) in [4.78, 5) is 23.5. The molecule has 1 aliphatic carbocycles. The van der Waals surface area contributed by atoms with E-state index in [1.54, 1.807) is 14.1 Å². The van der Waals surface area contributed by atoms with Crippen molar-refractivity contribution in [2.45, 2.75) is 19.3 Å². The summed E-state index contributed by atoms with van der Waals surface area (Å²) >= 11 is 0. The van der Waals surface area contributed by atoms with Gasteiger partial charge in [0, 0.05) is 20.5 Å². The largest absolute Gasteiger partial charge is 0.481 e. The highest BCUT2D eigenvalue weighted by atomic mass is 16.4. The first-order valence-corrected chi connectivity index (χ1v) is 4.45. The van der Waals surface area contributed by atoms with E-state index >= 15 is 0 Å². The summed E-state index contributed by atoms with van der Waals surface area (Å²) in [5, 5.41) is 8.84. The number of rotatable bonds is 4. The molecule has 0 bridgehead atoms. The van der Waals surface area contributed by atoms with Gasteiger partial charge in [0.05, 0.1) is 5.92 Å². The first kappa shape index (κ1) is 10.0. The fourth-order valence-corrected chi connectivity index (χ4v) is 1.32. The molecule has 0 aromatic carbocycles. The summed E-state index contributed by atoms with van der Waals surface area (Å²) in [5.74, 6) is -1.16. The topological polar surface area (TPSA) is 57.6 Å². The van der Waals surface area contributed by atoms with Crippen LogP contribution in [0.15, 0.2) is 0 Å². The number of carbonyl (C=O) groups excluding carboxylic acids is 1. The normalized spacial score (nSPS) is 18.0. The maximum absolute atomic E-state index is 11.3. The quantitative estimate of drug-likeness (QED) is 0.696. The Bertz CT molecular complexity index is 221. The van der Waals surface area contributed by atoms with Gasteiger partial charge >= 0.3 is 5.97 Å². The Morgan fingerprint density at radius 3 is 2.31 bits per heavy atom. The predicted molar refractivity (Wildman–Crippen MR) is 47.2 cm³/mol. The van der Waals surface area contributed by atoms with E-state index in [1.807, 2.05) is 0 Å². The molecule has 1 fully saturated rings. The molecule has 0 aromatic rings. The van der Waals surface area contributed by atoms with E-state index in [-0.39, 0.29) is 18.2 Å². The molecular formula is C9H15NO3. The molecule has 0 aliphatic heterocycles. The van der Waals surface area contributed by atoms with Gasteiger partial charge in [0.25, 0.3) is 0 Å². The molecule has 0 spiro atoms. The molecule has 1 amide bonds. The monoisotopic (exact) mass is 185 g/mol. The van der Waals surface area contributed by atoms with Crippen molar-refractivity contribution in [1.29, 1.82) is 0 Å². The van der Waals surface area contributed by atoms with Gasteiger partial charge in [0.1, 0.15) is 0 Å². The molecular weight excluding hydrogens is 170 g/mol.